The minimum absolute atomic E-state index is 0.0432. The lowest BCUT2D eigenvalue weighted by Crippen LogP contribution is -2.21. The van der Waals surface area contributed by atoms with Gasteiger partial charge < -0.3 is 14.7 Å². The summed E-state index contributed by atoms with van der Waals surface area (Å²) in [5.74, 6) is 0.0432. The highest BCUT2D eigenvalue weighted by Gasteiger charge is 2.40. The maximum atomic E-state index is 9.61. The molecule has 0 saturated carbocycles. The van der Waals surface area contributed by atoms with Crippen LogP contribution in [0.3, 0.4) is 0 Å². The quantitative estimate of drug-likeness (QED) is 0.821. The zero-order chi connectivity index (χ0) is 19.3. The number of aliphatic hydroxyl groups is 1. The smallest absolute Gasteiger partial charge is 0.172 e. The molecule has 0 amide bonds. The lowest BCUT2D eigenvalue weighted by Gasteiger charge is -2.24. The summed E-state index contributed by atoms with van der Waals surface area (Å²) in [6, 6.07) is 13.3. The van der Waals surface area contributed by atoms with Crippen LogP contribution in [0.5, 0.6) is 0 Å². The molecule has 6 heteroatoms. The molecule has 0 atom stereocenters. The van der Waals surface area contributed by atoms with Crippen molar-refractivity contribution in [1.29, 1.82) is 15.8 Å². The van der Waals surface area contributed by atoms with Crippen LogP contribution in [0.15, 0.2) is 41.2 Å². The van der Waals surface area contributed by atoms with Crippen LogP contribution in [0.1, 0.15) is 25.8 Å². The number of aliphatic hydroxyl groups excluding tert-OH is 1. The molecule has 0 aromatic heterocycles. The van der Waals surface area contributed by atoms with Crippen LogP contribution in [0.2, 0.25) is 0 Å². The summed E-state index contributed by atoms with van der Waals surface area (Å²) in [5.41, 5.74) is 1.63. The topological polar surface area (TPSA) is 104 Å². The summed E-state index contributed by atoms with van der Waals surface area (Å²) in [6.07, 6.45) is 0.683. The van der Waals surface area contributed by atoms with Crippen LogP contribution in [0.25, 0.3) is 5.57 Å². The van der Waals surface area contributed by atoms with E-state index in [0.29, 0.717) is 12.0 Å². The highest BCUT2D eigenvalue weighted by molar-refractivity contribution is 5.84. The van der Waals surface area contributed by atoms with E-state index in [1.165, 1.54) is 0 Å². The summed E-state index contributed by atoms with van der Waals surface area (Å²) < 4.78 is 5.79. The van der Waals surface area contributed by atoms with E-state index in [2.05, 4.69) is 6.07 Å². The molecule has 0 fully saturated rings. The Morgan fingerprint density at radius 2 is 1.77 bits per heavy atom. The van der Waals surface area contributed by atoms with Crippen molar-refractivity contribution in [3.8, 4) is 18.2 Å². The zero-order valence-electron chi connectivity index (χ0n) is 15.1. The molecule has 1 heterocycles. The van der Waals surface area contributed by atoms with Crippen molar-refractivity contribution in [3.05, 3.63) is 46.7 Å². The molecule has 1 N–H and O–H groups in total. The first kappa shape index (κ1) is 19.1. The minimum Gasteiger partial charge on any atom is -0.480 e. The second-order valence-corrected chi connectivity index (χ2v) is 6.45. The second kappa shape index (κ2) is 7.74. The Labute approximate surface area is 153 Å². The number of rotatable bonds is 5. The number of benzene rings is 1. The molecule has 0 aliphatic carbocycles. The normalized spacial score (nSPS) is 14.9. The summed E-state index contributed by atoms with van der Waals surface area (Å²) in [5, 5.41) is 36.8. The first-order valence-electron chi connectivity index (χ1n) is 8.20. The zero-order valence-corrected chi connectivity index (χ0v) is 15.1. The summed E-state index contributed by atoms with van der Waals surface area (Å²) in [6.45, 7) is 4.49. The average molecular weight is 348 g/mol. The van der Waals surface area contributed by atoms with Gasteiger partial charge in [0, 0.05) is 31.5 Å². The van der Waals surface area contributed by atoms with Gasteiger partial charge in [0.05, 0.1) is 0 Å². The van der Waals surface area contributed by atoms with E-state index in [9.17, 15) is 5.26 Å². The van der Waals surface area contributed by atoms with Gasteiger partial charge in [-0.25, -0.2) is 0 Å². The maximum absolute atomic E-state index is 9.61. The molecule has 0 bridgehead atoms. The predicted molar refractivity (Wildman–Crippen MR) is 97.4 cm³/mol. The summed E-state index contributed by atoms with van der Waals surface area (Å²) in [4.78, 5) is 2.03. The number of nitrogens with zero attached hydrogens (tertiary/aromatic N) is 4. The number of allylic oxidation sites excluding steroid dienone is 2. The van der Waals surface area contributed by atoms with Crippen LogP contribution < -0.4 is 4.90 Å². The van der Waals surface area contributed by atoms with Gasteiger partial charge in [0.25, 0.3) is 0 Å². The number of hydrogen-bond acceptors (Lipinski definition) is 6. The first-order valence-corrected chi connectivity index (χ1v) is 8.20. The number of anilines is 1. The Bertz CT molecular complexity index is 858. The van der Waals surface area contributed by atoms with E-state index in [-0.39, 0.29) is 23.5 Å². The van der Waals surface area contributed by atoms with Crippen molar-refractivity contribution in [2.45, 2.75) is 25.9 Å². The molecule has 6 nitrogen and oxygen atoms in total. The lowest BCUT2D eigenvalue weighted by molar-refractivity contribution is 0.109. The molecule has 1 aliphatic heterocycles. The fraction of sp³-hybridized carbons (Fsp3) is 0.350. The van der Waals surface area contributed by atoms with Gasteiger partial charge in [-0.2, -0.15) is 15.8 Å². The predicted octanol–water partition coefficient (Wildman–Crippen LogP) is 2.89. The van der Waals surface area contributed by atoms with Crippen LogP contribution in [-0.2, 0) is 4.74 Å². The second-order valence-electron chi connectivity index (χ2n) is 6.45. The highest BCUT2D eigenvalue weighted by Crippen LogP contribution is 2.45. The SMILES string of the molecule is CN(CCCO)c1ccc(C2=C(C#N)C(=C(C#N)C#N)OC2(C)C)cc1. The Morgan fingerprint density at radius 1 is 1.15 bits per heavy atom. The fourth-order valence-electron chi connectivity index (χ4n) is 2.99. The van der Waals surface area contributed by atoms with Gasteiger partial charge >= 0.3 is 0 Å². The van der Waals surface area contributed by atoms with Crippen molar-refractivity contribution in [1.82, 2.24) is 0 Å². The van der Waals surface area contributed by atoms with Crippen LogP contribution in [0.4, 0.5) is 5.69 Å². The van der Waals surface area contributed by atoms with E-state index in [0.717, 1.165) is 17.8 Å². The molecule has 1 aromatic carbocycles. The molecule has 0 spiro atoms. The van der Waals surface area contributed by atoms with E-state index >= 15 is 0 Å². The highest BCUT2D eigenvalue weighted by atomic mass is 16.5. The summed E-state index contributed by atoms with van der Waals surface area (Å²) >= 11 is 0. The average Bonchev–Trinajstić information content (AvgIpc) is 2.91. The molecule has 2 rings (SSSR count). The van der Waals surface area contributed by atoms with E-state index in [1.54, 1.807) is 26.0 Å². The molecule has 26 heavy (non-hydrogen) atoms. The molecule has 0 radical (unpaired) electrons. The molecule has 1 aliphatic rings. The fourth-order valence-corrected chi connectivity index (χ4v) is 2.99. The van der Waals surface area contributed by atoms with Crippen molar-refractivity contribution in [2.75, 3.05) is 25.1 Å². The largest absolute Gasteiger partial charge is 0.480 e. The molecule has 132 valence electrons. The molecule has 0 unspecified atom stereocenters. The minimum atomic E-state index is -0.830. The van der Waals surface area contributed by atoms with Crippen molar-refractivity contribution < 1.29 is 9.84 Å². The van der Waals surface area contributed by atoms with Gasteiger partial charge in [-0.15, -0.1) is 0 Å². The van der Waals surface area contributed by atoms with Gasteiger partial charge in [0.1, 0.15) is 29.4 Å². The Morgan fingerprint density at radius 3 is 2.27 bits per heavy atom. The van der Waals surface area contributed by atoms with Gasteiger partial charge in [-0.3, -0.25) is 0 Å². The number of nitriles is 3. The Hall–Kier alpha value is -3.27. The molecule has 1 aromatic rings. The third-order valence-corrected chi connectivity index (χ3v) is 4.25. The van der Waals surface area contributed by atoms with Crippen molar-refractivity contribution in [3.63, 3.8) is 0 Å². The third kappa shape index (κ3) is 3.54. The molecular formula is C20H20N4O2. The van der Waals surface area contributed by atoms with Gasteiger partial charge in [-0.1, -0.05) is 12.1 Å². The van der Waals surface area contributed by atoms with Crippen molar-refractivity contribution >= 4 is 11.3 Å². The van der Waals surface area contributed by atoms with Gasteiger partial charge in [-0.05, 0) is 38.0 Å². The summed E-state index contributed by atoms with van der Waals surface area (Å²) in [7, 11) is 1.94. The number of ether oxygens (including phenoxy) is 1. The Balaban J connectivity index is 2.50. The van der Waals surface area contributed by atoms with E-state index in [4.69, 9.17) is 20.4 Å². The number of hydrogen-bond donors (Lipinski definition) is 1. The molecular weight excluding hydrogens is 328 g/mol. The third-order valence-electron chi connectivity index (χ3n) is 4.25. The first-order chi connectivity index (χ1) is 12.4. The van der Waals surface area contributed by atoms with Crippen LogP contribution in [0, 0.1) is 34.0 Å². The van der Waals surface area contributed by atoms with Gasteiger partial charge in [0.2, 0.25) is 0 Å². The maximum Gasteiger partial charge on any atom is 0.172 e. The van der Waals surface area contributed by atoms with E-state index < -0.39 is 5.60 Å². The molecule has 0 saturated heterocycles. The standard InChI is InChI=1S/C20H20N4O2/c1-20(2)18(17(13-23)19(26-20)15(11-21)12-22)14-5-7-16(8-6-14)24(3)9-4-10-25/h5-8,25H,4,9-10H2,1-3H3. The lowest BCUT2D eigenvalue weighted by atomic mass is 9.89. The van der Waals surface area contributed by atoms with Crippen molar-refractivity contribution in [2.24, 2.45) is 0 Å². The van der Waals surface area contributed by atoms with Crippen LogP contribution >= 0.6 is 0 Å². The van der Waals surface area contributed by atoms with Crippen LogP contribution in [-0.4, -0.2) is 30.9 Å². The van der Waals surface area contributed by atoms with Gasteiger partial charge in [0.15, 0.2) is 11.3 Å². The monoisotopic (exact) mass is 348 g/mol. The Kier molecular flexibility index (Phi) is 5.68. The van der Waals surface area contributed by atoms with E-state index in [1.807, 2.05) is 36.2 Å².